The van der Waals surface area contributed by atoms with Crippen LogP contribution in [0.15, 0.2) is 17.8 Å². The Bertz CT molecular complexity index is 701. The van der Waals surface area contributed by atoms with E-state index in [0.717, 1.165) is 22.6 Å². The molecule has 2 aliphatic heterocycles. The molecule has 2 aromatic heterocycles. The average molecular weight is 334 g/mol. The van der Waals surface area contributed by atoms with Gasteiger partial charge in [-0.05, 0) is 11.4 Å². The molecular weight excluding hydrogens is 316 g/mol. The lowest BCUT2D eigenvalue weighted by Gasteiger charge is -2.36. The van der Waals surface area contributed by atoms with Crippen molar-refractivity contribution in [2.75, 3.05) is 50.9 Å². The molecule has 2 saturated heterocycles. The Morgan fingerprint density at radius 3 is 2.96 bits per heavy atom. The van der Waals surface area contributed by atoms with Gasteiger partial charge < -0.3 is 19.3 Å². The predicted octanol–water partition coefficient (Wildman–Crippen LogP) is 0.755. The van der Waals surface area contributed by atoms with E-state index < -0.39 is 6.10 Å². The molecular formula is C15H18N4O3S. The Kier molecular flexibility index (Phi) is 4.11. The van der Waals surface area contributed by atoms with E-state index in [-0.39, 0.29) is 5.91 Å². The standard InChI is InChI=1S/C15H18N4O3S/c20-15(18-2-5-21-6-3-18)12-9-19(4-7-22-12)14-13-11(1-8-23-13)16-10-17-14/h1,8,10,12H,2-7,9H2. The summed E-state index contributed by atoms with van der Waals surface area (Å²) in [7, 11) is 0. The molecule has 1 amide bonds. The van der Waals surface area contributed by atoms with E-state index in [4.69, 9.17) is 9.47 Å². The molecule has 1 atom stereocenters. The maximum Gasteiger partial charge on any atom is 0.253 e. The summed E-state index contributed by atoms with van der Waals surface area (Å²) in [6.07, 6.45) is 1.14. The second-order valence-electron chi connectivity index (χ2n) is 5.58. The summed E-state index contributed by atoms with van der Waals surface area (Å²) in [5.41, 5.74) is 0.947. The molecule has 0 saturated carbocycles. The number of hydrogen-bond donors (Lipinski definition) is 0. The molecule has 23 heavy (non-hydrogen) atoms. The van der Waals surface area contributed by atoms with Gasteiger partial charge in [-0.1, -0.05) is 0 Å². The van der Waals surface area contributed by atoms with Gasteiger partial charge in [0.05, 0.1) is 36.6 Å². The van der Waals surface area contributed by atoms with E-state index in [2.05, 4.69) is 14.9 Å². The Morgan fingerprint density at radius 2 is 2.09 bits per heavy atom. The molecule has 0 bridgehead atoms. The minimum atomic E-state index is -0.438. The largest absolute Gasteiger partial charge is 0.378 e. The second-order valence-corrected chi connectivity index (χ2v) is 6.49. The van der Waals surface area contributed by atoms with Crippen molar-refractivity contribution in [3.05, 3.63) is 17.8 Å². The number of carbonyl (C=O) groups is 1. The first-order valence-corrected chi connectivity index (χ1v) is 8.62. The van der Waals surface area contributed by atoms with E-state index in [9.17, 15) is 4.79 Å². The maximum absolute atomic E-state index is 12.6. The molecule has 1 unspecified atom stereocenters. The molecule has 7 nitrogen and oxygen atoms in total. The molecule has 2 aromatic rings. The van der Waals surface area contributed by atoms with Gasteiger partial charge in [-0.15, -0.1) is 11.3 Å². The third-order valence-electron chi connectivity index (χ3n) is 4.19. The van der Waals surface area contributed by atoms with Gasteiger partial charge in [0.1, 0.15) is 12.1 Å². The Labute approximate surface area is 137 Å². The van der Waals surface area contributed by atoms with Crippen LogP contribution in [-0.2, 0) is 14.3 Å². The van der Waals surface area contributed by atoms with Crippen LogP contribution in [0.25, 0.3) is 10.2 Å². The fourth-order valence-electron chi connectivity index (χ4n) is 2.98. The molecule has 0 N–H and O–H groups in total. The highest BCUT2D eigenvalue weighted by Crippen LogP contribution is 2.29. The molecule has 8 heteroatoms. The van der Waals surface area contributed by atoms with Crippen molar-refractivity contribution in [2.45, 2.75) is 6.10 Å². The Hall–Kier alpha value is -1.77. The summed E-state index contributed by atoms with van der Waals surface area (Å²) in [6, 6.07) is 1.99. The zero-order chi connectivity index (χ0) is 15.6. The van der Waals surface area contributed by atoms with Crippen LogP contribution in [-0.4, -0.2) is 72.9 Å². The topological polar surface area (TPSA) is 67.8 Å². The van der Waals surface area contributed by atoms with Crippen LogP contribution in [0.1, 0.15) is 0 Å². The summed E-state index contributed by atoms with van der Waals surface area (Å²) in [4.78, 5) is 25.3. The zero-order valence-corrected chi connectivity index (χ0v) is 13.5. The van der Waals surface area contributed by atoms with Crippen LogP contribution in [0.5, 0.6) is 0 Å². The first kappa shape index (κ1) is 14.8. The molecule has 4 heterocycles. The predicted molar refractivity (Wildman–Crippen MR) is 86.8 cm³/mol. The third kappa shape index (κ3) is 2.89. The average Bonchev–Trinajstić information content (AvgIpc) is 3.10. The number of fused-ring (bicyclic) bond motifs is 1. The summed E-state index contributed by atoms with van der Waals surface area (Å²) in [5.74, 6) is 0.947. The Morgan fingerprint density at radius 1 is 1.22 bits per heavy atom. The van der Waals surface area contributed by atoms with Crippen LogP contribution >= 0.6 is 11.3 Å². The number of thiophene rings is 1. The van der Waals surface area contributed by atoms with Crippen molar-refractivity contribution in [2.24, 2.45) is 0 Å². The minimum Gasteiger partial charge on any atom is -0.378 e. The van der Waals surface area contributed by atoms with E-state index in [1.54, 1.807) is 17.7 Å². The highest BCUT2D eigenvalue weighted by atomic mass is 32.1. The fourth-order valence-corrected chi connectivity index (χ4v) is 3.84. The van der Waals surface area contributed by atoms with Crippen LogP contribution in [0.2, 0.25) is 0 Å². The fraction of sp³-hybridized carbons (Fsp3) is 0.533. The zero-order valence-electron chi connectivity index (χ0n) is 12.7. The van der Waals surface area contributed by atoms with Crippen molar-refractivity contribution in [3.8, 4) is 0 Å². The van der Waals surface area contributed by atoms with E-state index >= 15 is 0 Å². The van der Waals surface area contributed by atoms with E-state index in [1.807, 2.05) is 16.3 Å². The minimum absolute atomic E-state index is 0.0504. The lowest BCUT2D eigenvalue weighted by molar-refractivity contribution is -0.148. The van der Waals surface area contributed by atoms with E-state index in [1.165, 1.54) is 0 Å². The SMILES string of the molecule is O=C(C1CN(c2ncnc3ccsc23)CCO1)N1CCOCC1. The van der Waals surface area contributed by atoms with Gasteiger partial charge >= 0.3 is 0 Å². The number of carbonyl (C=O) groups excluding carboxylic acids is 1. The summed E-state index contributed by atoms with van der Waals surface area (Å²) >= 11 is 1.63. The lowest BCUT2D eigenvalue weighted by Crippen LogP contribution is -2.53. The van der Waals surface area contributed by atoms with Gasteiger partial charge in [-0.25, -0.2) is 9.97 Å². The molecule has 2 aliphatic rings. The van der Waals surface area contributed by atoms with Crippen molar-refractivity contribution < 1.29 is 14.3 Å². The van der Waals surface area contributed by atoms with Crippen molar-refractivity contribution >= 4 is 33.3 Å². The maximum atomic E-state index is 12.6. The molecule has 0 aliphatic carbocycles. The smallest absolute Gasteiger partial charge is 0.253 e. The normalized spacial score (nSPS) is 22.5. The highest BCUT2D eigenvalue weighted by Gasteiger charge is 2.32. The number of rotatable bonds is 2. The number of aromatic nitrogens is 2. The van der Waals surface area contributed by atoms with Crippen LogP contribution in [0.4, 0.5) is 5.82 Å². The highest BCUT2D eigenvalue weighted by molar-refractivity contribution is 7.17. The van der Waals surface area contributed by atoms with Gasteiger partial charge in [-0.3, -0.25) is 4.79 Å². The molecule has 122 valence electrons. The number of nitrogens with zero attached hydrogens (tertiary/aromatic N) is 4. The van der Waals surface area contributed by atoms with Crippen LogP contribution in [0, 0.1) is 0 Å². The van der Waals surface area contributed by atoms with Crippen LogP contribution < -0.4 is 4.90 Å². The van der Waals surface area contributed by atoms with Gasteiger partial charge in [0.2, 0.25) is 0 Å². The molecule has 0 radical (unpaired) electrons. The van der Waals surface area contributed by atoms with Gasteiger partial charge in [0.25, 0.3) is 5.91 Å². The summed E-state index contributed by atoms with van der Waals surface area (Å²) in [6.45, 7) is 4.27. The lowest BCUT2D eigenvalue weighted by atomic mass is 10.2. The van der Waals surface area contributed by atoms with Gasteiger partial charge in [-0.2, -0.15) is 0 Å². The third-order valence-corrected chi connectivity index (χ3v) is 5.09. The summed E-state index contributed by atoms with van der Waals surface area (Å²) in [5, 5.41) is 2.01. The first-order valence-electron chi connectivity index (χ1n) is 7.74. The monoisotopic (exact) mass is 334 g/mol. The van der Waals surface area contributed by atoms with Crippen molar-refractivity contribution in [1.29, 1.82) is 0 Å². The molecule has 0 spiro atoms. The van der Waals surface area contributed by atoms with Gasteiger partial charge in [0.15, 0.2) is 6.10 Å². The van der Waals surface area contributed by atoms with Gasteiger partial charge in [0, 0.05) is 19.6 Å². The number of amides is 1. The second kappa shape index (κ2) is 6.38. The first-order chi connectivity index (χ1) is 11.3. The molecule has 4 rings (SSSR count). The number of ether oxygens (including phenoxy) is 2. The van der Waals surface area contributed by atoms with Crippen molar-refractivity contribution in [3.63, 3.8) is 0 Å². The number of anilines is 1. The number of morpholine rings is 2. The van der Waals surface area contributed by atoms with Crippen LogP contribution in [0.3, 0.4) is 0 Å². The number of hydrogen-bond acceptors (Lipinski definition) is 7. The molecule has 0 aromatic carbocycles. The van der Waals surface area contributed by atoms with E-state index in [0.29, 0.717) is 39.5 Å². The molecule has 2 fully saturated rings. The Balaban J connectivity index is 1.52. The summed E-state index contributed by atoms with van der Waals surface area (Å²) < 4.78 is 12.1. The van der Waals surface area contributed by atoms with Crippen molar-refractivity contribution in [1.82, 2.24) is 14.9 Å². The quantitative estimate of drug-likeness (QED) is 0.808.